The summed E-state index contributed by atoms with van der Waals surface area (Å²) < 4.78 is 50.5. The number of rotatable bonds is 4. The Morgan fingerprint density at radius 1 is 1.18 bits per heavy atom. The van der Waals surface area contributed by atoms with E-state index in [1.165, 1.54) is 18.3 Å². The van der Waals surface area contributed by atoms with Crippen molar-refractivity contribution in [3.63, 3.8) is 0 Å². The van der Waals surface area contributed by atoms with Crippen molar-refractivity contribution in [2.45, 2.75) is 24.3 Å². The fraction of sp³-hybridized carbons (Fsp3) is 0.294. The van der Waals surface area contributed by atoms with E-state index < -0.39 is 19.9 Å². The molecule has 1 atom stereocenters. The second kappa shape index (κ2) is 6.71. The fourth-order valence-corrected chi connectivity index (χ4v) is 6.33. The van der Waals surface area contributed by atoms with Crippen molar-refractivity contribution in [3.05, 3.63) is 47.4 Å². The summed E-state index contributed by atoms with van der Waals surface area (Å²) in [6.07, 6.45) is 1.84. The predicted molar refractivity (Wildman–Crippen MR) is 107 cm³/mol. The number of hydrogen-bond donors (Lipinski definition) is 1. The zero-order valence-electron chi connectivity index (χ0n) is 14.8. The van der Waals surface area contributed by atoms with Gasteiger partial charge in [-0.05, 0) is 43.1 Å². The lowest BCUT2D eigenvalue weighted by molar-refractivity contribution is 0.588. The van der Waals surface area contributed by atoms with Gasteiger partial charge in [-0.15, -0.1) is 0 Å². The van der Waals surface area contributed by atoms with Crippen molar-refractivity contribution < 1.29 is 16.8 Å². The van der Waals surface area contributed by atoms with Crippen LogP contribution in [-0.2, 0) is 19.9 Å². The van der Waals surface area contributed by atoms with Gasteiger partial charge in [-0.2, -0.15) is 4.98 Å². The SMILES string of the molecule is Cc1ccc(S(=O)(=O)n2ccc3c(NC4CCS(=O)(=O)C4)nc(Cl)nc32)cc1. The number of halogens is 1. The number of aromatic nitrogens is 3. The topological polar surface area (TPSA) is 111 Å². The molecule has 3 aromatic rings. The van der Waals surface area contributed by atoms with Gasteiger partial charge in [0.1, 0.15) is 5.82 Å². The first-order valence-electron chi connectivity index (χ1n) is 8.49. The Kier molecular flexibility index (Phi) is 4.59. The lowest BCUT2D eigenvalue weighted by atomic mass is 10.2. The van der Waals surface area contributed by atoms with Crippen molar-refractivity contribution >= 4 is 48.3 Å². The Morgan fingerprint density at radius 2 is 1.89 bits per heavy atom. The molecule has 1 aromatic carbocycles. The average Bonchev–Trinajstić information content (AvgIpc) is 3.18. The maximum Gasteiger partial charge on any atom is 0.269 e. The summed E-state index contributed by atoms with van der Waals surface area (Å²) in [6, 6.07) is 7.76. The molecule has 0 spiro atoms. The third-order valence-electron chi connectivity index (χ3n) is 4.63. The van der Waals surface area contributed by atoms with E-state index in [2.05, 4.69) is 15.3 Å². The molecule has 148 valence electrons. The number of fused-ring (bicyclic) bond motifs is 1. The number of nitrogens with one attached hydrogen (secondary N) is 1. The average molecular weight is 441 g/mol. The van der Waals surface area contributed by atoms with Crippen LogP contribution in [-0.4, -0.2) is 48.3 Å². The number of nitrogens with zero attached hydrogens (tertiary/aromatic N) is 3. The van der Waals surface area contributed by atoms with E-state index in [0.717, 1.165) is 9.54 Å². The molecule has 28 heavy (non-hydrogen) atoms. The Balaban J connectivity index is 1.78. The van der Waals surface area contributed by atoms with Gasteiger partial charge in [0.15, 0.2) is 15.5 Å². The van der Waals surface area contributed by atoms with Crippen LogP contribution >= 0.6 is 11.6 Å². The summed E-state index contributed by atoms with van der Waals surface area (Å²) in [4.78, 5) is 8.35. The van der Waals surface area contributed by atoms with Crippen LogP contribution in [0, 0.1) is 6.92 Å². The van der Waals surface area contributed by atoms with Crippen LogP contribution in [0.2, 0.25) is 5.28 Å². The lowest BCUT2D eigenvalue weighted by Gasteiger charge is -2.13. The van der Waals surface area contributed by atoms with E-state index in [-0.39, 0.29) is 33.4 Å². The van der Waals surface area contributed by atoms with E-state index in [0.29, 0.717) is 17.6 Å². The van der Waals surface area contributed by atoms with Crippen LogP contribution in [0.3, 0.4) is 0 Å². The van der Waals surface area contributed by atoms with Crippen LogP contribution in [0.25, 0.3) is 11.0 Å². The van der Waals surface area contributed by atoms with E-state index >= 15 is 0 Å². The number of sulfone groups is 1. The summed E-state index contributed by atoms with van der Waals surface area (Å²) in [5, 5.41) is 3.39. The molecule has 8 nitrogen and oxygen atoms in total. The van der Waals surface area contributed by atoms with E-state index in [1.54, 1.807) is 18.2 Å². The van der Waals surface area contributed by atoms with Crippen LogP contribution in [0.1, 0.15) is 12.0 Å². The van der Waals surface area contributed by atoms with Crippen LogP contribution in [0.4, 0.5) is 5.82 Å². The minimum atomic E-state index is -3.87. The van der Waals surface area contributed by atoms with Gasteiger partial charge in [-0.3, -0.25) is 0 Å². The van der Waals surface area contributed by atoms with Gasteiger partial charge in [0.05, 0.1) is 21.8 Å². The van der Waals surface area contributed by atoms with Crippen LogP contribution < -0.4 is 5.32 Å². The molecule has 0 radical (unpaired) electrons. The molecule has 2 aromatic heterocycles. The van der Waals surface area contributed by atoms with Gasteiger partial charge in [0.2, 0.25) is 5.28 Å². The summed E-state index contributed by atoms with van der Waals surface area (Å²) in [5.74, 6) is 0.420. The van der Waals surface area contributed by atoms with E-state index in [1.807, 2.05) is 6.92 Å². The molecule has 1 aliphatic rings. The zero-order chi connectivity index (χ0) is 20.1. The highest BCUT2D eigenvalue weighted by atomic mass is 35.5. The highest BCUT2D eigenvalue weighted by Gasteiger charge is 2.29. The first kappa shape index (κ1) is 19.2. The van der Waals surface area contributed by atoms with Crippen molar-refractivity contribution in [1.29, 1.82) is 0 Å². The molecular weight excluding hydrogens is 424 g/mol. The second-order valence-electron chi connectivity index (χ2n) is 6.75. The Hall–Kier alpha value is -2.17. The van der Waals surface area contributed by atoms with Crippen molar-refractivity contribution in [2.75, 3.05) is 16.8 Å². The fourth-order valence-electron chi connectivity index (χ4n) is 3.20. The number of hydrogen-bond acceptors (Lipinski definition) is 7. The van der Waals surface area contributed by atoms with E-state index in [9.17, 15) is 16.8 Å². The summed E-state index contributed by atoms with van der Waals surface area (Å²) >= 11 is 6.02. The predicted octanol–water partition coefficient (Wildman–Crippen LogP) is 2.23. The standard InChI is InChI=1S/C17H17ClN4O4S2/c1-11-2-4-13(5-3-11)28(25,26)22-8-6-14-15(20-17(18)21-16(14)22)19-12-7-9-27(23,24)10-12/h2-6,8,12H,7,9-10H2,1H3,(H,19,20,21). The molecule has 1 N–H and O–H groups in total. The minimum Gasteiger partial charge on any atom is -0.366 e. The van der Waals surface area contributed by atoms with Gasteiger partial charge in [-0.25, -0.2) is 25.8 Å². The maximum absolute atomic E-state index is 13.0. The van der Waals surface area contributed by atoms with Crippen molar-refractivity contribution in [3.8, 4) is 0 Å². The van der Waals surface area contributed by atoms with E-state index in [4.69, 9.17) is 11.6 Å². The Bertz CT molecular complexity index is 1270. The zero-order valence-corrected chi connectivity index (χ0v) is 17.2. The molecule has 0 amide bonds. The molecule has 11 heteroatoms. The third kappa shape index (κ3) is 3.47. The maximum atomic E-state index is 13.0. The van der Waals surface area contributed by atoms with Crippen LogP contribution in [0.15, 0.2) is 41.4 Å². The highest BCUT2D eigenvalue weighted by Crippen LogP contribution is 2.28. The molecular formula is C17H17ClN4O4S2. The van der Waals surface area contributed by atoms with Gasteiger partial charge >= 0.3 is 0 Å². The van der Waals surface area contributed by atoms with Crippen molar-refractivity contribution in [2.24, 2.45) is 0 Å². The first-order valence-corrected chi connectivity index (χ1v) is 12.1. The molecule has 1 saturated heterocycles. The Morgan fingerprint density at radius 3 is 2.54 bits per heavy atom. The smallest absolute Gasteiger partial charge is 0.269 e. The second-order valence-corrected chi connectivity index (χ2v) is 11.1. The van der Waals surface area contributed by atoms with Gasteiger partial charge in [0, 0.05) is 12.2 Å². The number of aryl methyl sites for hydroxylation is 1. The van der Waals surface area contributed by atoms with Gasteiger partial charge < -0.3 is 5.32 Å². The third-order valence-corrected chi connectivity index (χ3v) is 8.25. The summed E-state index contributed by atoms with van der Waals surface area (Å²) in [7, 11) is -6.95. The van der Waals surface area contributed by atoms with Gasteiger partial charge in [-0.1, -0.05) is 17.7 Å². The minimum absolute atomic E-state index is 0.00150. The van der Waals surface area contributed by atoms with Crippen molar-refractivity contribution in [1.82, 2.24) is 13.9 Å². The molecule has 0 saturated carbocycles. The molecule has 1 unspecified atom stereocenters. The van der Waals surface area contributed by atoms with Gasteiger partial charge in [0.25, 0.3) is 10.0 Å². The molecule has 3 heterocycles. The largest absolute Gasteiger partial charge is 0.366 e. The normalized spacial score (nSPS) is 19.1. The molecule has 1 aliphatic heterocycles. The Labute approximate surface area is 167 Å². The lowest BCUT2D eigenvalue weighted by Crippen LogP contribution is -2.21. The first-order chi connectivity index (χ1) is 13.2. The molecule has 0 bridgehead atoms. The highest BCUT2D eigenvalue weighted by molar-refractivity contribution is 7.91. The monoisotopic (exact) mass is 440 g/mol. The summed E-state index contributed by atoms with van der Waals surface area (Å²) in [5.41, 5.74) is 1.07. The number of benzene rings is 1. The molecule has 0 aliphatic carbocycles. The quantitative estimate of drug-likeness (QED) is 0.619. The molecule has 4 rings (SSSR count). The molecule has 1 fully saturated rings. The summed E-state index contributed by atoms with van der Waals surface area (Å²) in [6.45, 7) is 1.87. The van der Waals surface area contributed by atoms with Crippen LogP contribution in [0.5, 0.6) is 0 Å². The number of anilines is 1.